The lowest BCUT2D eigenvalue weighted by Gasteiger charge is -2.17. The summed E-state index contributed by atoms with van der Waals surface area (Å²) in [4.78, 5) is 12.6. The molecule has 0 bridgehead atoms. The van der Waals surface area contributed by atoms with Gasteiger partial charge in [-0.2, -0.15) is 0 Å². The largest absolute Gasteiger partial charge is 0.423 e. The first-order chi connectivity index (χ1) is 11.2. The van der Waals surface area contributed by atoms with E-state index < -0.39 is 15.9 Å². The van der Waals surface area contributed by atoms with Crippen LogP contribution in [-0.2, 0) is 9.84 Å². The van der Waals surface area contributed by atoms with Crippen LogP contribution in [0, 0.1) is 12.8 Å². The Morgan fingerprint density at radius 2 is 2.00 bits per heavy atom. The van der Waals surface area contributed by atoms with Gasteiger partial charge in [-0.3, -0.25) is 4.79 Å². The summed E-state index contributed by atoms with van der Waals surface area (Å²) in [5.41, 5.74) is 0.267. The topological polar surface area (TPSA) is 102 Å². The Hall–Kier alpha value is -2.22. The van der Waals surface area contributed by atoms with Gasteiger partial charge < -0.3 is 9.73 Å². The zero-order valence-electron chi connectivity index (χ0n) is 14.1. The third kappa shape index (κ3) is 4.64. The van der Waals surface area contributed by atoms with Crippen LogP contribution in [0.1, 0.15) is 48.4 Å². The van der Waals surface area contributed by atoms with Crippen molar-refractivity contribution in [1.29, 1.82) is 0 Å². The SMILES string of the molecule is Cc1nnc(C(CC(C)C)NC(=O)c2cccc(S(C)(=O)=O)c2)o1. The zero-order chi connectivity index (χ0) is 17.9. The van der Waals surface area contributed by atoms with Crippen LogP contribution in [0.4, 0.5) is 0 Å². The van der Waals surface area contributed by atoms with Crippen molar-refractivity contribution in [3.8, 4) is 0 Å². The number of nitrogens with zero attached hydrogens (tertiary/aromatic N) is 2. The van der Waals surface area contributed by atoms with Crippen LogP contribution < -0.4 is 5.32 Å². The lowest BCUT2D eigenvalue weighted by molar-refractivity contribution is 0.0924. The van der Waals surface area contributed by atoms with E-state index in [9.17, 15) is 13.2 Å². The fourth-order valence-electron chi connectivity index (χ4n) is 2.26. The molecule has 1 aromatic heterocycles. The summed E-state index contributed by atoms with van der Waals surface area (Å²) >= 11 is 0. The lowest BCUT2D eigenvalue weighted by Crippen LogP contribution is -2.30. The van der Waals surface area contributed by atoms with Crippen LogP contribution >= 0.6 is 0 Å². The smallest absolute Gasteiger partial charge is 0.251 e. The van der Waals surface area contributed by atoms with Gasteiger partial charge in [-0.1, -0.05) is 19.9 Å². The highest BCUT2D eigenvalue weighted by Gasteiger charge is 2.22. The highest BCUT2D eigenvalue weighted by Crippen LogP contribution is 2.21. The highest BCUT2D eigenvalue weighted by molar-refractivity contribution is 7.90. The average molecular weight is 351 g/mol. The fourth-order valence-corrected chi connectivity index (χ4v) is 2.92. The van der Waals surface area contributed by atoms with Crippen molar-refractivity contribution in [3.63, 3.8) is 0 Å². The number of amides is 1. The summed E-state index contributed by atoms with van der Waals surface area (Å²) < 4.78 is 28.7. The van der Waals surface area contributed by atoms with E-state index in [4.69, 9.17) is 4.42 Å². The van der Waals surface area contributed by atoms with Gasteiger partial charge in [-0.15, -0.1) is 10.2 Å². The molecule has 0 saturated carbocycles. The van der Waals surface area contributed by atoms with Crippen LogP contribution in [0.2, 0.25) is 0 Å². The molecule has 0 aliphatic heterocycles. The first-order valence-corrected chi connectivity index (χ1v) is 9.47. The van der Waals surface area contributed by atoms with Gasteiger partial charge in [0.05, 0.1) is 4.90 Å². The normalized spacial score (nSPS) is 13.0. The van der Waals surface area contributed by atoms with Gasteiger partial charge in [0.2, 0.25) is 11.8 Å². The molecule has 1 amide bonds. The van der Waals surface area contributed by atoms with Crippen molar-refractivity contribution in [1.82, 2.24) is 15.5 Å². The van der Waals surface area contributed by atoms with Crippen LogP contribution in [-0.4, -0.2) is 30.8 Å². The Kier molecular flexibility index (Phi) is 5.38. The average Bonchev–Trinajstić information content (AvgIpc) is 2.92. The molecular formula is C16H21N3O4S. The summed E-state index contributed by atoms with van der Waals surface area (Å²) in [7, 11) is -3.38. The Morgan fingerprint density at radius 1 is 1.29 bits per heavy atom. The number of aryl methyl sites for hydroxylation is 1. The Bertz CT molecular complexity index is 827. The molecule has 1 unspecified atom stereocenters. The van der Waals surface area contributed by atoms with E-state index in [1.54, 1.807) is 19.1 Å². The Labute approximate surface area is 141 Å². The van der Waals surface area contributed by atoms with E-state index in [0.29, 0.717) is 24.1 Å². The number of sulfone groups is 1. The van der Waals surface area contributed by atoms with E-state index in [1.807, 2.05) is 13.8 Å². The van der Waals surface area contributed by atoms with Gasteiger partial charge in [0.15, 0.2) is 9.84 Å². The van der Waals surface area contributed by atoms with Crippen LogP contribution in [0.3, 0.4) is 0 Å². The van der Waals surface area contributed by atoms with Gasteiger partial charge in [0, 0.05) is 18.7 Å². The Morgan fingerprint density at radius 3 is 2.54 bits per heavy atom. The molecule has 7 nitrogen and oxygen atoms in total. The second kappa shape index (κ2) is 7.12. The molecular weight excluding hydrogens is 330 g/mol. The zero-order valence-corrected chi connectivity index (χ0v) is 14.9. The monoisotopic (exact) mass is 351 g/mol. The molecule has 1 heterocycles. The molecule has 0 aliphatic carbocycles. The molecule has 0 aliphatic rings. The summed E-state index contributed by atoms with van der Waals surface area (Å²) in [5, 5.41) is 10.6. The predicted octanol–water partition coefficient (Wildman–Crippen LogP) is 2.30. The maximum Gasteiger partial charge on any atom is 0.251 e. The number of carbonyl (C=O) groups is 1. The second-order valence-electron chi connectivity index (χ2n) is 6.11. The summed E-state index contributed by atoms with van der Waals surface area (Å²) in [6, 6.07) is 5.49. The number of rotatable bonds is 6. The van der Waals surface area contributed by atoms with E-state index in [0.717, 1.165) is 6.26 Å². The predicted molar refractivity (Wildman–Crippen MR) is 88.2 cm³/mol. The van der Waals surface area contributed by atoms with Gasteiger partial charge in [-0.25, -0.2) is 8.42 Å². The fraction of sp³-hybridized carbons (Fsp3) is 0.438. The van der Waals surface area contributed by atoms with Crippen molar-refractivity contribution in [2.45, 2.75) is 38.1 Å². The lowest BCUT2D eigenvalue weighted by atomic mass is 10.0. The molecule has 1 aromatic carbocycles. The van der Waals surface area contributed by atoms with Crippen molar-refractivity contribution in [3.05, 3.63) is 41.6 Å². The van der Waals surface area contributed by atoms with Crippen LogP contribution in [0.15, 0.2) is 33.6 Å². The number of benzene rings is 1. The second-order valence-corrected chi connectivity index (χ2v) is 8.13. The van der Waals surface area contributed by atoms with Crippen molar-refractivity contribution < 1.29 is 17.6 Å². The minimum Gasteiger partial charge on any atom is -0.423 e. The first-order valence-electron chi connectivity index (χ1n) is 7.58. The van der Waals surface area contributed by atoms with E-state index in [2.05, 4.69) is 15.5 Å². The van der Waals surface area contributed by atoms with Gasteiger partial charge >= 0.3 is 0 Å². The quantitative estimate of drug-likeness (QED) is 0.857. The maximum atomic E-state index is 12.5. The van der Waals surface area contributed by atoms with E-state index in [1.165, 1.54) is 12.1 Å². The van der Waals surface area contributed by atoms with E-state index >= 15 is 0 Å². The molecule has 8 heteroatoms. The molecule has 0 fully saturated rings. The summed E-state index contributed by atoms with van der Waals surface area (Å²) in [6.45, 7) is 5.72. The maximum absolute atomic E-state index is 12.5. The summed E-state index contributed by atoms with van der Waals surface area (Å²) in [6.07, 6.45) is 1.73. The van der Waals surface area contributed by atoms with E-state index in [-0.39, 0.29) is 16.4 Å². The third-order valence-electron chi connectivity index (χ3n) is 3.38. The Balaban J connectivity index is 2.24. The van der Waals surface area contributed by atoms with Gasteiger partial charge in [-0.05, 0) is 30.5 Å². The van der Waals surface area contributed by atoms with Crippen LogP contribution in [0.25, 0.3) is 0 Å². The molecule has 2 rings (SSSR count). The molecule has 0 spiro atoms. The van der Waals surface area contributed by atoms with Crippen LogP contribution in [0.5, 0.6) is 0 Å². The highest BCUT2D eigenvalue weighted by atomic mass is 32.2. The number of nitrogens with one attached hydrogen (secondary N) is 1. The molecule has 0 radical (unpaired) electrons. The number of carbonyl (C=O) groups excluding carboxylic acids is 1. The molecule has 0 saturated heterocycles. The van der Waals surface area contributed by atoms with Crippen molar-refractivity contribution in [2.75, 3.05) is 6.26 Å². The van der Waals surface area contributed by atoms with Crippen molar-refractivity contribution in [2.24, 2.45) is 5.92 Å². The molecule has 130 valence electrons. The molecule has 1 atom stereocenters. The minimum absolute atomic E-state index is 0.101. The molecule has 1 N–H and O–H groups in total. The summed E-state index contributed by atoms with van der Waals surface area (Å²) in [5.74, 6) is 0.674. The van der Waals surface area contributed by atoms with Gasteiger partial charge in [0.25, 0.3) is 5.91 Å². The molecule has 24 heavy (non-hydrogen) atoms. The van der Waals surface area contributed by atoms with Crippen molar-refractivity contribution >= 4 is 15.7 Å². The minimum atomic E-state index is -3.38. The standard InChI is InChI=1S/C16H21N3O4S/c1-10(2)8-14(16-19-18-11(3)23-16)17-15(20)12-6-5-7-13(9-12)24(4,21)22/h5-7,9-10,14H,8H2,1-4H3,(H,17,20). The number of hydrogen-bond donors (Lipinski definition) is 1. The number of hydrogen-bond acceptors (Lipinski definition) is 6. The third-order valence-corrected chi connectivity index (χ3v) is 4.49. The number of aromatic nitrogens is 2. The molecule has 2 aromatic rings. The van der Waals surface area contributed by atoms with Gasteiger partial charge in [0.1, 0.15) is 6.04 Å². The first kappa shape index (κ1) is 18.1.